The van der Waals surface area contributed by atoms with Gasteiger partial charge >= 0.3 is 12.1 Å². The minimum absolute atomic E-state index is 0.0432. The molecule has 0 spiro atoms. The number of carboxylic acid groups (broad SMARTS) is 1. The molecular formula is C20H20BrNO5. The summed E-state index contributed by atoms with van der Waals surface area (Å²) in [4.78, 5) is 22.9. The van der Waals surface area contributed by atoms with Gasteiger partial charge in [0.05, 0.1) is 16.9 Å². The summed E-state index contributed by atoms with van der Waals surface area (Å²) in [6, 6.07) is 14.2. The number of benzene rings is 2. The van der Waals surface area contributed by atoms with Crippen LogP contribution < -0.4 is 10.1 Å². The molecule has 27 heavy (non-hydrogen) atoms. The molecule has 2 aromatic carbocycles. The lowest BCUT2D eigenvalue weighted by molar-refractivity contribution is -0.137. The zero-order valence-electron chi connectivity index (χ0n) is 14.6. The third-order valence-electron chi connectivity index (χ3n) is 3.60. The lowest BCUT2D eigenvalue weighted by Gasteiger charge is -2.18. The van der Waals surface area contributed by atoms with Crippen molar-refractivity contribution in [3.05, 3.63) is 76.8 Å². The molecule has 0 fully saturated rings. The molecule has 1 unspecified atom stereocenters. The summed E-state index contributed by atoms with van der Waals surface area (Å²) < 4.78 is 11.3. The van der Waals surface area contributed by atoms with E-state index in [1.807, 2.05) is 30.3 Å². The van der Waals surface area contributed by atoms with Gasteiger partial charge in [-0.15, -0.1) is 0 Å². The summed E-state index contributed by atoms with van der Waals surface area (Å²) in [6.07, 6.45) is 0.447. The van der Waals surface area contributed by atoms with Crippen molar-refractivity contribution in [3.8, 4) is 5.75 Å². The van der Waals surface area contributed by atoms with Crippen LogP contribution in [0.1, 0.15) is 23.6 Å². The second-order valence-electron chi connectivity index (χ2n) is 5.65. The van der Waals surface area contributed by atoms with Crippen LogP contribution in [0.3, 0.4) is 0 Å². The topological polar surface area (TPSA) is 84.9 Å². The minimum atomic E-state index is -1.04. The quantitative estimate of drug-likeness (QED) is 0.570. The third kappa shape index (κ3) is 6.79. The molecule has 0 aliphatic rings. The van der Waals surface area contributed by atoms with Gasteiger partial charge in [0.2, 0.25) is 0 Å². The Labute approximate surface area is 165 Å². The molecule has 2 N–H and O–H groups in total. The molecule has 0 saturated carbocycles. The molecule has 1 amide bonds. The highest BCUT2D eigenvalue weighted by Crippen LogP contribution is 2.30. The predicted molar refractivity (Wildman–Crippen MR) is 105 cm³/mol. The number of hydrogen-bond acceptors (Lipinski definition) is 4. The van der Waals surface area contributed by atoms with Crippen molar-refractivity contribution < 1.29 is 24.2 Å². The number of carbonyl (C=O) groups is 2. The van der Waals surface area contributed by atoms with Gasteiger partial charge in [0, 0.05) is 0 Å². The van der Waals surface area contributed by atoms with E-state index in [-0.39, 0.29) is 13.0 Å². The summed E-state index contributed by atoms with van der Waals surface area (Å²) in [6.45, 7) is 3.91. The summed E-state index contributed by atoms with van der Waals surface area (Å²) in [7, 11) is 0. The van der Waals surface area contributed by atoms with Gasteiger partial charge in [0.1, 0.15) is 19.0 Å². The molecule has 2 rings (SSSR count). The number of rotatable bonds is 9. The number of halogens is 1. The number of hydrogen-bond donors (Lipinski definition) is 2. The van der Waals surface area contributed by atoms with Crippen LogP contribution in [0.4, 0.5) is 4.79 Å². The van der Waals surface area contributed by atoms with E-state index >= 15 is 0 Å². The molecule has 0 aliphatic heterocycles. The lowest BCUT2D eigenvalue weighted by Crippen LogP contribution is -2.30. The predicted octanol–water partition coefficient (Wildman–Crippen LogP) is 4.46. The second-order valence-corrected chi connectivity index (χ2v) is 6.50. The van der Waals surface area contributed by atoms with Crippen LogP contribution in [0.15, 0.2) is 65.7 Å². The SMILES string of the molecule is C=CCOC(=O)NC(CC(=O)O)c1ccc(OCc2ccccc2)c(Br)c1. The zero-order valence-corrected chi connectivity index (χ0v) is 16.1. The van der Waals surface area contributed by atoms with Crippen LogP contribution in [0.2, 0.25) is 0 Å². The summed E-state index contributed by atoms with van der Waals surface area (Å²) in [5.41, 5.74) is 1.65. The molecular weight excluding hydrogens is 414 g/mol. The Morgan fingerprint density at radius 2 is 1.96 bits per heavy atom. The smallest absolute Gasteiger partial charge is 0.407 e. The molecule has 1 atom stereocenters. The van der Waals surface area contributed by atoms with Gasteiger partial charge in [-0.25, -0.2) is 4.79 Å². The van der Waals surface area contributed by atoms with Gasteiger partial charge in [-0.3, -0.25) is 4.79 Å². The van der Waals surface area contributed by atoms with Gasteiger partial charge in [0.25, 0.3) is 0 Å². The zero-order chi connectivity index (χ0) is 19.6. The van der Waals surface area contributed by atoms with E-state index in [0.29, 0.717) is 22.4 Å². The molecule has 0 bridgehead atoms. The highest BCUT2D eigenvalue weighted by Gasteiger charge is 2.20. The van der Waals surface area contributed by atoms with Crippen molar-refractivity contribution in [3.63, 3.8) is 0 Å². The standard InChI is InChI=1S/C20H20BrNO5/c1-2-10-26-20(25)22-17(12-19(23)24)15-8-9-18(16(21)11-15)27-13-14-6-4-3-5-7-14/h2-9,11,17H,1,10,12-13H2,(H,22,25)(H,23,24). The molecule has 0 aromatic heterocycles. The highest BCUT2D eigenvalue weighted by atomic mass is 79.9. The number of carboxylic acids is 1. The van der Waals surface area contributed by atoms with Crippen LogP contribution in [0, 0.1) is 0 Å². The van der Waals surface area contributed by atoms with E-state index in [1.165, 1.54) is 6.08 Å². The Kier molecular flexibility index (Phi) is 7.88. The van der Waals surface area contributed by atoms with Gasteiger partial charge in [0.15, 0.2) is 0 Å². The summed E-state index contributed by atoms with van der Waals surface area (Å²) in [5.74, 6) is -0.421. The maximum Gasteiger partial charge on any atom is 0.407 e. The van der Waals surface area contributed by atoms with Crippen molar-refractivity contribution in [2.75, 3.05) is 6.61 Å². The van der Waals surface area contributed by atoms with E-state index in [2.05, 4.69) is 27.8 Å². The molecule has 7 heteroatoms. The number of nitrogens with one attached hydrogen (secondary N) is 1. The normalized spacial score (nSPS) is 11.3. The summed E-state index contributed by atoms with van der Waals surface area (Å²) in [5, 5.41) is 11.7. The van der Waals surface area contributed by atoms with Crippen molar-refractivity contribution >= 4 is 28.0 Å². The fraction of sp³-hybridized carbons (Fsp3) is 0.200. The van der Waals surface area contributed by atoms with Gasteiger partial charge < -0.3 is 19.9 Å². The van der Waals surface area contributed by atoms with Crippen molar-refractivity contribution in [2.24, 2.45) is 0 Å². The Morgan fingerprint density at radius 1 is 1.22 bits per heavy atom. The fourth-order valence-electron chi connectivity index (χ4n) is 2.33. The van der Waals surface area contributed by atoms with Crippen LogP contribution in [0.25, 0.3) is 0 Å². The van der Waals surface area contributed by atoms with Crippen LogP contribution >= 0.6 is 15.9 Å². The van der Waals surface area contributed by atoms with E-state index < -0.39 is 18.1 Å². The molecule has 6 nitrogen and oxygen atoms in total. The highest BCUT2D eigenvalue weighted by molar-refractivity contribution is 9.10. The molecule has 0 saturated heterocycles. The first-order valence-electron chi connectivity index (χ1n) is 8.21. The van der Waals surface area contributed by atoms with Gasteiger partial charge in [-0.2, -0.15) is 0 Å². The molecule has 2 aromatic rings. The van der Waals surface area contributed by atoms with Crippen molar-refractivity contribution in [2.45, 2.75) is 19.1 Å². The molecule has 0 radical (unpaired) electrons. The second kappa shape index (κ2) is 10.4. The molecule has 0 aliphatic carbocycles. The van der Waals surface area contributed by atoms with E-state index in [4.69, 9.17) is 14.6 Å². The van der Waals surface area contributed by atoms with E-state index in [9.17, 15) is 9.59 Å². The third-order valence-corrected chi connectivity index (χ3v) is 4.22. The number of amides is 1. The number of ether oxygens (including phenoxy) is 2. The monoisotopic (exact) mass is 433 g/mol. The van der Waals surface area contributed by atoms with Crippen LogP contribution in [0.5, 0.6) is 5.75 Å². The molecule has 0 heterocycles. The van der Waals surface area contributed by atoms with Crippen molar-refractivity contribution in [1.29, 1.82) is 0 Å². The minimum Gasteiger partial charge on any atom is -0.488 e. The lowest BCUT2D eigenvalue weighted by atomic mass is 10.0. The number of alkyl carbamates (subject to hydrolysis) is 1. The maximum atomic E-state index is 11.8. The largest absolute Gasteiger partial charge is 0.488 e. The Balaban J connectivity index is 2.09. The number of aliphatic carboxylic acids is 1. The first-order chi connectivity index (χ1) is 13.0. The average Bonchev–Trinajstić information content (AvgIpc) is 2.65. The van der Waals surface area contributed by atoms with Crippen LogP contribution in [-0.4, -0.2) is 23.8 Å². The van der Waals surface area contributed by atoms with Gasteiger partial charge in [-0.05, 0) is 39.2 Å². The van der Waals surface area contributed by atoms with Crippen molar-refractivity contribution in [1.82, 2.24) is 5.32 Å². The fourth-order valence-corrected chi connectivity index (χ4v) is 2.84. The maximum absolute atomic E-state index is 11.8. The van der Waals surface area contributed by atoms with Gasteiger partial charge in [-0.1, -0.05) is 49.1 Å². The number of carbonyl (C=O) groups excluding carboxylic acids is 1. The van der Waals surface area contributed by atoms with E-state index in [0.717, 1.165) is 5.56 Å². The first-order valence-corrected chi connectivity index (χ1v) is 9.01. The average molecular weight is 434 g/mol. The Morgan fingerprint density at radius 3 is 2.59 bits per heavy atom. The Bertz CT molecular complexity index is 794. The molecule has 142 valence electrons. The first kappa shape index (κ1) is 20.5. The summed E-state index contributed by atoms with van der Waals surface area (Å²) >= 11 is 3.43. The Hall–Kier alpha value is -2.80. The van der Waals surface area contributed by atoms with E-state index in [1.54, 1.807) is 18.2 Å². The van der Waals surface area contributed by atoms with Crippen LogP contribution in [-0.2, 0) is 16.1 Å².